The first-order valence-corrected chi connectivity index (χ1v) is 9.02. The molecule has 1 N–H and O–H groups in total. The van der Waals surface area contributed by atoms with Crippen molar-refractivity contribution in [2.45, 2.75) is 6.42 Å². The van der Waals surface area contributed by atoms with Gasteiger partial charge in [-0.2, -0.15) is 0 Å². The van der Waals surface area contributed by atoms with Crippen LogP contribution in [0.1, 0.15) is 16.8 Å². The Morgan fingerprint density at radius 3 is 2.73 bits per heavy atom. The number of carbonyl (C=O) groups is 1. The van der Waals surface area contributed by atoms with Crippen LogP contribution in [0.4, 0.5) is 5.95 Å². The summed E-state index contributed by atoms with van der Waals surface area (Å²) in [6.45, 7) is 2.79. The molecule has 3 aromatic rings. The van der Waals surface area contributed by atoms with Crippen LogP contribution in [0.2, 0.25) is 0 Å². The van der Waals surface area contributed by atoms with Crippen molar-refractivity contribution in [2.75, 3.05) is 24.5 Å². The third-order valence-corrected chi connectivity index (χ3v) is 5.62. The van der Waals surface area contributed by atoms with Gasteiger partial charge in [-0.1, -0.05) is 0 Å². The number of carbonyl (C=O) groups excluding carboxylic acids is 1. The van der Waals surface area contributed by atoms with E-state index in [1.807, 2.05) is 35.0 Å². The second kappa shape index (κ2) is 6.09. The Bertz CT molecular complexity index is 927. The molecule has 7 heteroatoms. The lowest BCUT2D eigenvalue weighted by molar-refractivity contribution is 0.0952. The smallest absolute Gasteiger partial charge is 0.252 e. The summed E-state index contributed by atoms with van der Waals surface area (Å²) in [4.78, 5) is 27.4. The summed E-state index contributed by atoms with van der Waals surface area (Å²) in [5, 5.41) is 3.05. The molecule has 1 aliphatic carbocycles. The van der Waals surface area contributed by atoms with Crippen LogP contribution in [-0.2, 0) is 0 Å². The van der Waals surface area contributed by atoms with Crippen LogP contribution in [-0.4, -0.2) is 44.9 Å². The van der Waals surface area contributed by atoms with Gasteiger partial charge in [-0.3, -0.25) is 4.79 Å². The van der Waals surface area contributed by atoms with Gasteiger partial charge in [0.1, 0.15) is 5.65 Å². The minimum absolute atomic E-state index is 0.0225. The number of aromatic nitrogens is 4. The summed E-state index contributed by atoms with van der Waals surface area (Å²) in [5.41, 5.74) is 1.51. The first-order valence-electron chi connectivity index (χ1n) is 9.02. The second-order valence-electron chi connectivity index (χ2n) is 7.10. The molecule has 5 rings (SSSR count). The van der Waals surface area contributed by atoms with Gasteiger partial charge in [-0.05, 0) is 42.4 Å². The molecule has 1 amide bonds. The van der Waals surface area contributed by atoms with Crippen molar-refractivity contribution < 1.29 is 4.79 Å². The molecular formula is C19H20N6O. The molecule has 26 heavy (non-hydrogen) atoms. The van der Waals surface area contributed by atoms with E-state index < -0.39 is 0 Å². The van der Waals surface area contributed by atoms with Crippen LogP contribution in [0.5, 0.6) is 0 Å². The van der Waals surface area contributed by atoms with E-state index in [2.05, 4.69) is 25.2 Å². The first-order chi connectivity index (χ1) is 12.8. The van der Waals surface area contributed by atoms with Crippen LogP contribution in [0, 0.1) is 17.8 Å². The third kappa shape index (κ3) is 2.69. The van der Waals surface area contributed by atoms with Crippen molar-refractivity contribution in [3.63, 3.8) is 0 Å². The Labute approximate surface area is 151 Å². The lowest BCUT2D eigenvalue weighted by Gasteiger charge is -2.19. The highest BCUT2D eigenvalue weighted by Crippen LogP contribution is 2.53. The van der Waals surface area contributed by atoms with Gasteiger partial charge in [0.05, 0.1) is 5.56 Å². The average molecular weight is 348 g/mol. The highest BCUT2D eigenvalue weighted by atomic mass is 16.1. The number of anilines is 1. The molecular weight excluding hydrogens is 328 g/mol. The second-order valence-corrected chi connectivity index (χ2v) is 7.10. The summed E-state index contributed by atoms with van der Waals surface area (Å²) in [6.07, 6.45) is 10.0. The Hall–Kier alpha value is -2.96. The van der Waals surface area contributed by atoms with Gasteiger partial charge in [-0.15, -0.1) is 0 Å². The summed E-state index contributed by atoms with van der Waals surface area (Å²) >= 11 is 0. The van der Waals surface area contributed by atoms with Gasteiger partial charge in [0.2, 0.25) is 5.95 Å². The number of imidazole rings is 1. The molecule has 3 aromatic heterocycles. The molecule has 0 unspecified atom stereocenters. The fourth-order valence-corrected chi connectivity index (χ4v) is 4.20. The first kappa shape index (κ1) is 15.3. The summed E-state index contributed by atoms with van der Waals surface area (Å²) in [5.74, 6) is 2.97. The van der Waals surface area contributed by atoms with E-state index in [9.17, 15) is 4.79 Å². The molecule has 0 spiro atoms. The van der Waals surface area contributed by atoms with Crippen molar-refractivity contribution in [1.82, 2.24) is 24.7 Å². The average Bonchev–Trinajstić information content (AvgIpc) is 3.07. The maximum atomic E-state index is 12.3. The number of hydrogen-bond acceptors (Lipinski definition) is 5. The molecule has 4 heterocycles. The Kier molecular flexibility index (Phi) is 3.58. The zero-order valence-electron chi connectivity index (χ0n) is 14.3. The Morgan fingerprint density at radius 1 is 1.12 bits per heavy atom. The predicted molar refractivity (Wildman–Crippen MR) is 96.9 cm³/mol. The minimum Gasteiger partial charge on any atom is -0.352 e. The summed E-state index contributed by atoms with van der Waals surface area (Å²) in [7, 11) is 0. The monoisotopic (exact) mass is 348 g/mol. The van der Waals surface area contributed by atoms with E-state index in [1.54, 1.807) is 18.6 Å². The van der Waals surface area contributed by atoms with E-state index in [1.165, 1.54) is 0 Å². The van der Waals surface area contributed by atoms with Crippen LogP contribution in [0.15, 0.2) is 49.2 Å². The highest BCUT2D eigenvalue weighted by Gasteiger charge is 2.55. The lowest BCUT2D eigenvalue weighted by Crippen LogP contribution is -2.28. The van der Waals surface area contributed by atoms with Gasteiger partial charge in [0.25, 0.3) is 5.91 Å². The van der Waals surface area contributed by atoms with E-state index in [0.717, 1.165) is 49.5 Å². The highest BCUT2D eigenvalue weighted by molar-refractivity contribution is 5.94. The number of fused-ring (bicyclic) bond motifs is 2. The molecule has 1 aliphatic heterocycles. The Morgan fingerprint density at radius 2 is 1.92 bits per heavy atom. The number of nitrogens with one attached hydrogen (secondary N) is 1. The molecule has 7 nitrogen and oxygen atoms in total. The van der Waals surface area contributed by atoms with Gasteiger partial charge < -0.3 is 14.6 Å². The molecule has 0 aromatic carbocycles. The molecule has 3 atom stereocenters. The van der Waals surface area contributed by atoms with Crippen molar-refractivity contribution in [3.05, 3.63) is 54.7 Å². The fourth-order valence-electron chi connectivity index (χ4n) is 4.20. The zero-order valence-corrected chi connectivity index (χ0v) is 14.3. The number of nitrogens with zero attached hydrogens (tertiary/aromatic N) is 5. The number of amides is 1. The van der Waals surface area contributed by atoms with Crippen molar-refractivity contribution in [1.29, 1.82) is 0 Å². The van der Waals surface area contributed by atoms with Gasteiger partial charge in [0.15, 0.2) is 0 Å². The molecule has 0 bridgehead atoms. The van der Waals surface area contributed by atoms with Gasteiger partial charge in [0, 0.05) is 50.6 Å². The number of pyridine rings is 1. The van der Waals surface area contributed by atoms with Crippen LogP contribution in [0.3, 0.4) is 0 Å². The zero-order chi connectivity index (χ0) is 17.5. The van der Waals surface area contributed by atoms with E-state index in [4.69, 9.17) is 0 Å². The maximum Gasteiger partial charge on any atom is 0.252 e. The van der Waals surface area contributed by atoms with Crippen molar-refractivity contribution in [2.24, 2.45) is 17.8 Å². The largest absolute Gasteiger partial charge is 0.352 e. The van der Waals surface area contributed by atoms with Crippen LogP contribution >= 0.6 is 0 Å². The minimum atomic E-state index is -0.0225. The van der Waals surface area contributed by atoms with Crippen molar-refractivity contribution >= 4 is 17.5 Å². The number of piperidine rings is 1. The van der Waals surface area contributed by atoms with Crippen LogP contribution in [0.25, 0.3) is 5.65 Å². The maximum absolute atomic E-state index is 12.3. The molecule has 132 valence electrons. The normalized spacial score (nSPS) is 23.8. The Balaban J connectivity index is 1.10. The SMILES string of the molecule is O=C(NCC[C@@H]1[C@H]2CN(c3ncccn3)C[C@@H]12)c1ccc2nccn2c1. The number of hydrogen-bond donors (Lipinski definition) is 1. The lowest BCUT2D eigenvalue weighted by atomic mass is 10.2. The molecule has 1 saturated carbocycles. The topological polar surface area (TPSA) is 75.4 Å². The molecule has 2 aliphatic rings. The van der Waals surface area contributed by atoms with E-state index in [-0.39, 0.29) is 5.91 Å². The van der Waals surface area contributed by atoms with E-state index in [0.29, 0.717) is 11.5 Å². The van der Waals surface area contributed by atoms with Crippen LogP contribution < -0.4 is 10.2 Å². The van der Waals surface area contributed by atoms with Crippen molar-refractivity contribution in [3.8, 4) is 0 Å². The van der Waals surface area contributed by atoms with E-state index >= 15 is 0 Å². The standard InChI is InChI=1S/C19H20N6O/c26-18(13-2-3-17-20-8-9-24(17)10-13)21-7-4-14-15-11-25(12-16(14)15)19-22-5-1-6-23-19/h1-3,5-6,8-10,14-16H,4,7,11-12H2,(H,21,26)/t14-,15-,16+. The number of rotatable bonds is 5. The molecule has 1 saturated heterocycles. The summed E-state index contributed by atoms with van der Waals surface area (Å²) in [6, 6.07) is 5.53. The molecule has 0 radical (unpaired) electrons. The predicted octanol–water partition coefficient (Wildman–Crippen LogP) is 1.63. The van der Waals surface area contributed by atoms with Gasteiger partial charge >= 0.3 is 0 Å². The summed E-state index contributed by atoms with van der Waals surface area (Å²) < 4.78 is 1.86. The van der Waals surface area contributed by atoms with Gasteiger partial charge in [-0.25, -0.2) is 15.0 Å². The molecule has 2 fully saturated rings. The fraction of sp³-hybridized carbons (Fsp3) is 0.368. The third-order valence-electron chi connectivity index (χ3n) is 5.62. The quantitative estimate of drug-likeness (QED) is 0.758.